The maximum absolute atomic E-state index is 12.9. The zero-order chi connectivity index (χ0) is 26.5. The predicted molar refractivity (Wildman–Crippen MR) is 155 cm³/mol. The van der Waals surface area contributed by atoms with Gasteiger partial charge in [0.15, 0.2) is 0 Å². The second-order valence-corrected chi connectivity index (χ2v) is 11.3. The van der Waals surface area contributed by atoms with Crippen LogP contribution in [0.15, 0.2) is 66.7 Å². The number of amides is 1. The highest BCUT2D eigenvalue weighted by atomic mass is 16.3. The number of rotatable bonds is 8. The molecule has 5 rings (SSSR count). The van der Waals surface area contributed by atoms with Crippen molar-refractivity contribution in [2.45, 2.75) is 52.0 Å². The van der Waals surface area contributed by atoms with Crippen molar-refractivity contribution >= 4 is 11.6 Å². The van der Waals surface area contributed by atoms with E-state index in [1.807, 2.05) is 17.0 Å². The molecule has 0 saturated carbocycles. The third kappa shape index (κ3) is 6.39. The van der Waals surface area contributed by atoms with Crippen molar-refractivity contribution < 1.29 is 9.90 Å². The smallest absolute Gasteiger partial charge is 0.222 e. The molecule has 5 heteroatoms. The van der Waals surface area contributed by atoms with E-state index in [9.17, 15) is 9.90 Å². The second kappa shape index (κ2) is 12.0. The van der Waals surface area contributed by atoms with Crippen molar-refractivity contribution in [1.29, 1.82) is 0 Å². The van der Waals surface area contributed by atoms with Crippen LogP contribution in [0.25, 0.3) is 0 Å². The van der Waals surface area contributed by atoms with Crippen LogP contribution < -0.4 is 5.32 Å². The van der Waals surface area contributed by atoms with Gasteiger partial charge in [-0.25, -0.2) is 0 Å². The topological polar surface area (TPSA) is 55.8 Å². The van der Waals surface area contributed by atoms with E-state index in [-0.39, 0.29) is 11.7 Å². The molecule has 0 aliphatic carbocycles. The van der Waals surface area contributed by atoms with Gasteiger partial charge in [-0.2, -0.15) is 0 Å². The van der Waals surface area contributed by atoms with Gasteiger partial charge in [-0.3, -0.25) is 9.69 Å². The number of nitrogens with zero attached hydrogens (tertiary/aromatic N) is 2. The molecule has 2 heterocycles. The SMILES string of the molecule is CC(C)C1CCNc2c(CN3CCN(C(=O)CCc4ccc(O)cc4)CC3)cc(Cc3ccccc3)cc21. The summed E-state index contributed by atoms with van der Waals surface area (Å²) in [6, 6.07) is 22.8. The fourth-order valence-electron chi connectivity index (χ4n) is 6.03. The van der Waals surface area contributed by atoms with Crippen LogP contribution in [0.4, 0.5) is 5.69 Å². The highest BCUT2D eigenvalue weighted by Crippen LogP contribution is 2.40. The van der Waals surface area contributed by atoms with Crippen LogP contribution in [0.3, 0.4) is 0 Å². The molecule has 3 aromatic rings. The molecule has 1 atom stereocenters. The lowest BCUT2D eigenvalue weighted by atomic mass is 9.80. The van der Waals surface area contributed by atoms with Crippen LogP contribution in [0, 0.1) is 5.92 Å². The summed E-state index contributed by atoms with van der Waals surface area (Å²) in [6.45, 7) is 10.0. The zero-order valence-corrected chi connectivity index (χ0v) is 22.8. The average Bonchev–Trinajstić information content (AvgIpc) is 2.93. The lowest BCUT2D eigenvalue weighted by Gasteiger charge is -2.37. The molecular weight excluding hydrogens is 470 g/mol. The van der Waals surface area contributed by atoms with Crippen LogP contribution in [0.5, 0.6) is 5.75 Å². The van der Waals surface area contributed by atoms with E-state index in [0.29, 0.717) is 24.7 Å². The van der Waals surface area contributed by atoms with Gasteiger partial charge >= 0.3 is 0 Å². The van der Waals surface area contributed by atoms with Gasteiger partial charge in [-0.15, -0.1) is 0 Å². The van der Waals surface area contributed by atoms with Gasteiger partial charge < -0.3 is 15.3 Å². The molecule has 0 aromatic heterocycles. The van der Waals surface area contributed by atoms with E-state index in [4.69, 9.17) is 0 Å². The Morgan fingerprint density at radius 1 is 0.947 bits per heavy atom. The van der Waals surface area contributed by atoms with Crippen molar-refractivity contribution in [2.75, 3.05) is 38.0 Å². The predicted octanol–water partition coefficient (Wildman–Crippen LogP) is 5.82. The van der Waals surface area contributed by atoms with Crippen molar-refractivity contribution in [3.8, 4) is 5.75 Å². The van der Waals surface area contributed by atoms with E-state index in [1.54, 1.807) is 12.1 Å². The van der Waals surface area contributed by atoms with E-state index in [1.165, 1.54) is 34.4 Å². The minimum atomic E-state index is 0.224. The van der Waals surface area contributed by atoms with Crippen molar-refractivity contribution in [1.82, 2.24) is 9.80 Å². The number of anilines is 1. The van der Waals surface area contributed by atoms with Gasteiger partial charge in [-0.05, 0) is 71.0 Å². The van der Waals surface area contributed by atoms with Crippen molar-refractivity contribution in [2.24, 2.45) is 5.92 Å². The Hall–Kier alpha value is -3.31. The number of hydrogen-bond acceptors (Lipinski definition) is 4. The Labute approximate surface area is 227 Å². The molecule has 5 nitrogen and oxygen atoms in total. The Bertz CT molecular complexity index is 1210. The lowest BCUT2D eigenvalue weighted by Crippen LogP contribution is -2.48. The van der Waals surface area contributed by atoms with Crippen LogP contribution in [0.1, 0.15) is 60.4 Å². The first-order chi connectivity index (χ1) is 18.5. The summed E-state index contributed by atoms with van der Waals surface area (Å²) < 4.78 is 0. The number of phenols is 1. The van der Waals surface area contributed by atoms with E-state index < -0.39 is 0 Å². The average molecular weight is 512 g/mol. The molecule has 1 amide bonds. The minimum absolute atomic E-state index is 0.224. The Morgan fingerprint density at radius 2 is 1.68 bits per heavy atom. The Morgan fingerprint density at radius 3 is 2.39 bits per heavy atom. The molecule has 3 aromatic carbocycles. The van der Waals surface area contributed by atoms with E-state index >= 15 is 0 Å². The fourth-order valence-corrected chi connectivity index (χ4v) is 6.03. The molecule has 0 spiro atoms. The van der Waals surface area contributed by atoms with Gasteiger partial charge in [0.25, 0.3) is 0 Å². The molecule has 2 aliphatic rings. The summed E-state index contributed by atoms with van der Waals surface area (Å²) in [4.78, 5) is 17.4. The third-order valence-electron chi connectivity index (χ3n) is 8.21. The minimum Gasteiger partial charge on any atom is -0.508 e. The maximum atomic E-state index is 12.9. The van der Waals surface area contributed by atoms with Gasteiger partial charge in [0, 0.05) is 51.4 Å². The van der Waals surface area contributed by atoms with Crippen LogP contribution in [-0.4, -0.2) is 53.5 Å². The van der Waals surface area contributed by atoms with E-state index in [0.717, 1.165) is 51.3 Å². The number of carbonyl (C=O) groups is 1. The van der Waals surface area contributed by atoms with Gasteiger partial charge in [-0.1, -0.05) is 68.4 Å². The summed E-state index contributed by atoms with van der Waals surface area (Å²) >= 11 is 0. The van der Waals surface area contributed by atoms with Gasteiger partial charge in [0.05, 0.1) is 0 Å². The van der Waals surface area contributed by atoms with Gasteiger partial charge in [0.1, 0.15) is 5.75 Å². The normalized spacial score (nSPS) is 17.8. The molecular formula is C33H41N3O2. The number of aromatic hydroxyl groups is 1. The summed E-state index contributed by atoms with van der Waals surface area (Å²) in [5.74, 6) is 1.69. The van der Waals surface area contributed by atoms with Crippen molar-refractivity contribution in [3.63, 3.8) is 0 Å². The lowest BCUT2D eigenvalue weighted by molar-refractivity contribution is -0.133. The molecule has 0 bridgehead atoms. The number of fused-ring (bicyclic) bond motifs is 1. The molecule has 2 aliphatic heterocycles. The summed E-state index contributed by atoms with van der Waals surface area (Å²) in [5.41, 5.74) is 8.05. The molecule has 38 heavy (non-hydrogen) atoms. The molecule has 200 valence electrons. The summed E-state index contributed by atoms with van der Waals surface area (Å²) in [5, 5.41) is 13.2. The number of hydrogen-bond donors (Lipinski definition) is 2. The zero-order valence-electron chi connectivity index (χ0n) is 22.8. The summed E-state index contributed by atoms with van der Waals surface area (Å²) in [6.07, 6.45) is 3.36. The molecule has 1 saturated heterocycles. The highest BCUT2D eigenvalue weighted by Gasteiger charge is 2.27. The Balaban J connectivity index is 1.25. The third-order valence-corrected chi connectivity index (χ3v) is 8.21. The number of phenolic OH excluding ortho intramolecular Hbond substituents is 1. The maximum Gasteiger partial charge on any atom is 0.222 e. The first kappa shape index (κ1) is 26.3. The van der Waals surface area contributed by atoms with Crippen LogP contribution >= 0.6 is 0 Å². The fraction of sp³-hybridized carbons (Fsp3) is 0.424. The van der Waals surface area contributed by atoms with Crippen LogP contribution in [-0.2, 0) is 24.2 Å². The van der Waals surface area contributed by atoms with E-state index in [2.05, 4.69) is 66.5 Å². The van der Waals surface area contributed by atoms with Gasteiger partial charge in [0.2, 0.25) is 5.91 Å². The van der Waals surface area contributed by atoms with Crippen molar-refractivity contribution in [3.05, 3.63) is 94.5 Å². The number of piperazine rings is 1. The molecule has 1 unspecified atom stereocenters. The Kier molecular flexibility index (Phi) is 8.33. The second-order valence-electron chi connectivity index (χ2n) is 11.3. The molecule has 2 N–H and O–H groups in total. The first-order valence-corrected chi connectivity index (χ1v) is 14.2. The van der Waals surface area contributed by atoms with Crippen LogP contribution in [0.2, 0.25) is 0 Å². The number of carbonyl (C=O) groups excluding carboxylic acids is 1. The monoisotopic (exact) mass is 511 g/mol. The standard InChI is InChI=1S/C33H41N3O2/c1-24(2)30-14-15-34-33-28(21-27(22-31(30)33)20-26-6-4-3-5-7-26)23-35-16-18-36(19-17-35)32(38)13-10-25-8-11-29(37)12-9-25/h3-9,11-12,21-22,24,30,34,37H,10,13-20,23H2,1-2H3. The largest absolute Gasteiger partial charge is 0.508 e. The molecule has 0 radical (unpaired) electrons. The quantitative estimate of drug-likeness (QED) is 0.400. The first-order valence-electron chi connectivity index (χ1n) is 14.2. The highest BCUT2D eigenvalue weighted by molar-refractivity contribution is 5.76. The number of benzene rings is 3. The number of aryl methyl sites for hydroxylation is 1. The number of nitrogens with one attached hydrogen (secondary N) is 1. The summed E-state index contributed by atoms with van der Waals surface area (Å²) in [7, 11) is 0. The molecule has 1 fully saturated rings.